The number of anilines is 1. The molecule has 43 heavy (non-hydrogen) atoms. The van der Waals surface area contributed by atoms with Crippen molar-refractivity contribution >= 4 is 27.5 Å². The molecule has 1 N–H and O–H groups in total. The third-order valence-corrected chi connectivity index (χ3v) is 7.82. The summed E-state index contributed by atoms with van der Waals surface area (Å²) in [6, 6.07) is 21.2. The second-order valence-corrected chi connectivity index (χ2v) is 13.4. The van der Waals surface area contributed by atoms with E-state index in [4.69, 9.17) is 4.74 Å². The lowest BCUT2D eigenvalue weighted by molar-refractivity contribution is -0.142. The highest BCUT2D eigenvalue weighted by Gasteiger charge is 2.32. The molecule has 0 spiro atoms. The highest BCUT2D eigenvalue weighted by molar-refractivity contribution is 7.92. The summed E-state index contributed by atoms with van der Waals surface area (Å²) in [5.41, 5.74) is 1.48. The van der Waals surface area contributed by atoms with E-state index in [1.165, 1.54) is 21.3 Å². The minimum absolute atomic E-state index is 0.00166. The van der Waals surface area contributed by atoms with Crippen molar-refractivity contribution < 1.29 is 27.1 Å². The summed E-state index contributed by atoms with van der Waals surface area (Å²) in [7, 11) is -3.64. The van der Waals surface area contributed by atoms with Crippen LogP contribution in [0.1, 0.15) is 51.7 Å². The summed E-state index contributed by atoms with van der Waals surface area (Å²) < 4.78 is 45.7. The van der Waals surface area contributed by atoms with Gasteiger partial charge in [-0.3, -0.25) is 13.9 Å². The van der Waals surface area contributed by atoms with Crippen LogP contribution < -0.4 is 14.4 Å². The van der Waals surface area contributed by atoms with E-state index in [1.54, 1.807) is 36.4 Å². The Morgan fingerprint density at radius 2 is 1.56 bits per heavy atom. The van der Waals surface area contributed by atoms with Gasteiger partial charge in [0.15, 0.2) is 0 Å². The second-order valence-electron chi connectivity index (χ2n) is 11.5. The molecule has 0 saturated carbocycles. The highest BCUT2D eigenvalue weighted by atomic mass is 32.2. The Balaban J connectivity index is 1.87. The largest absolute Gasteiger partial charge is 0.494 e. The van der Waals surface area contributed by atoms with E-state index in [2.05, 4.69) is 5.32 Å². The Morgan fingerprint density at radius 1 is 0.930 bits per heavy atom. The molecule has 2 amide bonds. The minimum Gasteiger partial charge on any atom is -0.494 e. The smallest absolute Gasteiger partial charge is 0.243 e. The van der Waals surface area contributed by atoms with Crippen LogP contribution in [0.5, 0.6) is 5.75 Å². The maximum absolute atomic E-state index is 13.9. The Hall–Kier alpha value is -3.92. The molecule has 3 aromatic carbocycles. The Morgan fingerprint density at radius 3 is 2.12 bits per heavy atom. The lowest BCUT2D eigenvalue weighted by Crippen LogP contribution is -2.54. The molecule has 0 aliphatic rings. The Kier molecular flexibility index (Phi) is 11.7. The molecule has 10 heteroatoms. The van der Waals surface area contributed by atoms with Crippen molar-refractivity contribution in [1.29, 1.82) is 0 Å². The first-order chi connectivity index (χ1) is 20.3. The van der Waals surface area contributed by atoms with Crippen LogP contribution in [0.4, 0.5) is 10.1 Å². The molecule has 0 bridgehead atoms. The fraction of sp³-hybridized carbons (Fsp3) is 0.394. The lowest BCUT2D eigenvalue weighted by atomic mass is 10.00. The van der Waals surface area contributed by atoms with Gasteiger partial charge in [0.05, 0.1) is 18.6 Å². The molecular formula is C33H42FN3O5S. The number of nitrogens with one attached hydrogen (secondary N) is 1. The number of nitrogens with zero attached hydrogens (tertiary/aromatic N) is 2. The van der Waals surface area contributed by atoms with Crippen LogP contribution in [-0.2, 0) is 32.6 Å². The average Bonchev–Trinajstić information content (AvgIpc) is 2.93. The fourth-order valence-corrected chi connectivity index (χ4v) is 5.64. The van der Waals surface area contributed by atoms with E-state index >= 15 is 0 Å². The van der Waals surface area contributed by atoms with Gasteiger partial charge in [0.2, 0.25) is 21.8 Å². The first kappa shape index (κ1) is 33.6. The SMILES string of the molecule is CCOc1ccc(N(CCCC(=O)N(Cc2ccc(F)cc2)C(Cc2ccccc2)C(=O)NC(C)(C)C)S(C)(=O)=O)cc1. The zero-order valence-electron chi connectivity index (χ0n) is 25.5. The number of carbonyl (C=O) groups excluding carboxylic acids is 2. The predicted octanol–water partition coefficient (Wildman–Crippen LogP) is 5.33. The first-order valence-corrected chi connectivity index (χ1v) is 16.2. The van der Waals surface area contributed by atoms with Crippen LogP contribution in [0.15, 0.2) is 78.9 Å². The number of carbonyl (C=O) groups is 2. The molecular weight excluding hydrogens is 569 g/mol. The van der Waals surface area contributed by atoms with E-state index in [-0.39, 0.29) is 44.2 Å². The fourth-order valence-electron chi connectivity index (χ4n) is 4.67. The number of ether oxygens (including phenoxy) is 1. The van der Waals surface area contributed by atoms with Crippen LogP contribution in [-0.4, -0.2) is 56.1 Å². The molecule has 0 aliphatic heterocycles. The van der Waals surface area contributed by atoms with Crippen molar-refractivity contribution in [2.24, 2.45) is 0 Å². The standard InChI is InChI=1S/C33H42FN3O5S/c1-6-42-29-20-18-28(19-21-29)37(43(5,40)41)22-10-13-31(38)36(24-26-14-16-27(34)17-15-26)30(32(39)35-33(2,3)4)23-25-11-8-7-9-12-25/h7-9,11-12,14-21,30H,6,10,13,22-24H2,1-5H3,(H,35,39). The van der Waals surface area contributed by atoms with E-state index in [0.717, 1.165) is 11.8 Å². The van der Waals surface area contributed by atoms with Crippen molar-refractivity contribution in [2.45, 2.75) is 65.1 Å². The quantitative estimate of drug-likeness (QED) is 0.266. The van der Waals surface area contributed by atoms with Gasteiger partial charge >= 0.3 is 0 Å². The summed E-state index contributed by atoms with van der Waals surface area (Å²) in [5.74, 6) is -0.388. The molecule has 1 unspecified atom stereocenters. The second kappa shape index (κ2) is 15.0. The summed E-state index contributed by atoms with van der Waals surface area (Å²) in [6.45, 7) is 8.13. The molecule has 8 nitrogen and oxygen atoms in total. The number of benzene rings is 3. The lowest BCUT2D eigenvalue weighted by Gasteiger charge is -2.34. The van der Waals surface area contributed by atoms with Crippen LogP contribution in [0.2, 0.25) is 0 Å². The summed E-state index contributed by atoms with van der Waals surface area (Å²) in [5, 5.41) is 3.01. The number of rotatable bonds is 14. The maximum atomic E-state index is 13.9. The van der Waals surface area contributed by atoms with Gasteiger partial charge < -0.3 is 15.0 Å². The molecule has 0 aromatic heterocycles. The number of halogens is 1. The summed E-state index contributed by atoms with van der Waals surface area (Å²) in [6.07, 6.45) is 1.62. The van der Waals surface area contributed by atoms with Crippen molar-refractivity contribution in [3.63, 3.8) is 0 Å². The van der Waals surface area contributed by atoms with E-state index < -0.39 is 27.4 Å². The van der Waals surface area contributed by atoms with Gasteiger partial charge in [-0.25, -0.2) is 12.8 Å². The molecule has 1 atom stereocenters. The number of sulfonamides is 1. The minimum atomic E-state index is -3.64. The molecule has 0 saturated heterocycles. The third-order valence-electron chi connectivity index (χ3n) is 6.62. The summed E-state index contributed by atoms with van der Waals surface area (Å²) >= 11 is 0. The molecule has 0 fully saturated rings. The number of hydrogen-bond acceptors (Lipinski definition) is 5. The monoisotopic (exact) mass is 611 g/mol. The maximum Gasteiger partial charge on any atom is 0.243 e. The van der Waals surface area contributed by atoms with Crippen molar-refractivity contribution in [2.75, 3.05) is 23.7 Å². The van der Waals surface area contributed by atoms with Crippen LogP contribution >= 0.6 is 0 Å². The molecule has 232 valence electrons. The van der Waals surface area contributed by atoms with Crippen molar-refractivity contribution in [3.05, 3.63) is 95.8 Å². The number of hydrogen-bond donors (Lipinski definition) is 1. The van der Waals surface area contributed by atoms with Gasteiger partial charge in [0.1, 0.15) is 17.6 Å². The molecule has 0 radical (unpaired) electrons. The Bertz CT molecular complexity index is 1440. The van der Waals surface area contributed by atoms with Gasteiger partial charge in [0.25, 0.3) is 0 Å². The molecule has 3 rings (SSSR count). The van der Waals surface area contributed by atoms with Gasteiger partial charge in [-0.1, -0.05) is 42.5 Å². The van der Waals surface area contributed by atoms with E-state index in [9.17, 15) is 22.4 Å². The van der Waals surface area contributed by atoms with Gasteiger partial charge in [-0.2, -0.15) is 0 Å². The molecule has 3 aromatic rings. The first-order valence-electron chi connectivity index (χ1n) is 14.4. The van der Waals surface area contributed by atoms with Crippen LogP contribution in [0.3, 0.4) is 0 Å². The predicted molar refractivity (Wildman–Crippen MR) is 168 cm³/mol. The topological polar surface area (TPSA) is 96.0 Å². The van der Waals surface area contributed by atoms with Gasteiger partial charge in [-0.15, -0.1) is 0 Å². The zero-order valence-corrected chi connectivity index (χ0v) is 26.4. The van der Waals surface area contributed by atoms with E-state index in [0.29, 0.717) is 23.6 Å². The van der Waals surface area contributed by atoms with Crippen LogP contribution in [0.25, 0.3) is 0 Å². The average molecular weight is 612 g/mol. The van der Waals surface area contributed by atoms with Gasteiger partial charge in [0, 0.05) is 31.5 Å². The normalized spacial score (nSPS) is 12.3. The third kappa shape index (κ3) is 10.7. The van der Waals surface area contributed by atoms with Crippen LogP contribution in [0, 0.1) is 5.82 Å². The van der Waals surface area contributed by atoms with E-state index in [1.807, 2.05) is 58.0 Å². The molecule has 0 heterocycles. The number of amides is 2. The zero-order chi connectivity index (χ0) is 31.6. The highest BCUT2D eigenvalue weighted by Crippen LogP contribution is 2.23. The summed E-state index contributed by atoms with van der Waals surface area (Å²) in [4.78, 5) is 29.1. The molecule has 0 aliphatic carbocycles. The van der Waals surface area contributed by atoms with Crippen molar-refractivity contribution in [3.8, 4) is 5.75 Å². The van der Waals surface area contributed by atoms with Gasteiger partial charge in [-0.05, 0) is 81.6 Å². The van der Waals surface area contributed by atoms with Crippen molar-refractivity contribution in [1.82, 2.24) is 10.2 Å². The Labute approximate surface area is 254 Å².